The lowest BCUT2D eigenvalue weighted by Crippen LogP contribution is -2.39. The first-order chi connectivity index (χ1) is 7.87. The van der Waals surface area contributed by atoms with E-state index in [-0.39, 0.29) is 12.4 Å². The third kappa shape index (κ3) is 3.98. The van der Waals surface area contributed by atoms with E-state index in [4.69, 9.17) is 5.73 Å². The summed E-state index contributed by atoms with van der Waals surface area (Å²) in [6, 6.07) is 4.58. The zero-order valence-electron chi connectivity index (χ0n) is 10.7. The van der Waals surface area contributed by atoms with Gasteiger partial charge in [0, 0.05) is 25.3 Å². The summed E-state index contributed by atoms with van der Waals surface area (Å²) in [6.45, 7) is 7.01. The van der Waals surface area contributed by atoms with Crippen LogP contribution in [-0.4, -0.2) is 23.8 Å². The van der Waals surface area contributed by atoms with E-state index in [1.165, 1.54) is 12.1 Å². The Labute approximate surface area is 102 Å². The van der Waals surface area contributed by atoms with Crippen molar-refractivity contribution in [3.8, 4) is 0 Å². The molecule has 0 saturated heterocycles. The van der Waals surface area contributed by atoms with Crippen molar-refractivity contribution in [1.82, 2.24) is 0 Å². The Hall–Kier alpha value is -1.13. The molecule has 0 saturated carbocycles. The predicted octanol–water partition coefficient (Wildman–Crippen LogP) is 1.88. The van der Waals surface area contributed by atoms with Gasteiger partial charge in [-0.3, -0.25) is 0 Å². The second-order valence-electron chi connectivity index (χ2n) is 4.80. The van der Waals surface area contributed by atoms with Crippen molar-refractivity contribution in [3.63, 3.8) is 0 Å². The molecule has 17 heavy (non-hydrogen) atoms. The van der Waals surface area contributed by atoms with Gasteiger partial charge in [-0.1, -0.05) is 0 Å². The Morgan fingerprint density at radius 3 is 2.53 bits per heavy atom. The zero-order valence-corrected chi connectivity index (χ0v) is 10.7. The Balaban J connectivity index is 3.03. The van der Waals surface area contributed by atoms with Crippen molar-refractivity contribution in [2.45, 2.75) is 32.9 Å². The quantitative estimate of drug-likeness (QED) is 0.826. The number of nitrogens with zero attached hydrogens (tertiary/aromatic N) is 1. The van der Waals surface area contributed by atoms with Gasteiger partial charge < -0.3 is 15.7 Å². The third-order valence-corrected chi connectivity index (χ3v) is 2.56. The summed E-state index contributed by atoms with van der Waals surface area (Å²) in [5, 5.41) is 9.85. The van der Waals surface area contributed by atoms with Gasteiger partial charge in [0.25, 0.3) is 0 Å². The lowest BCUT2D eigenvalue weighted by molar-refractivity contribution is 0.0875. The first-order valence-corrected chi connectivity index (χ1v) is 5.83. The summed E-state index contributed by atoms with van der Waals surface area (Å²) in [6.07, 6.45) is 0. The molecule has 3 N–H and O–H groups in total. The topological polar surface area (TPSA) is 49.5 Å². The SMILES string of the molecule is CCN(CC(C)(C)O)c1ccc(F)cc1CN. The molecule has 96 valence electrons. The van der Waals surface area contributed by atoms with Crippen molar-refractivity contribution in [2.75, 3.05) is 18.0 Å². The molecule has 0 bridgehead atoms. The number of hydrogen-bond acceptors (Lipinski definition) is 3. The fourth-order valence-corrected chi connectivity index (χ4v) is 1.86. The lowest BCUT2D eigenvalue weighted by atomic mass is 10.1. The largest absolute Gasteiger partial charge is 0.389 e. The molecule has 0 spiro atoms. The molecule has 0 fully saturated rings. The van der Waals surface area contributed by atoms with Crippen LogP contribution in [0.2, 0.25) is 0 Å². The number of nitrogens with two attached hydrogens (primary N) is 1. The summed E-state index contributed by atoms with van der Waals surface area (Å²) in [4.78, 5) is 2.00. The maximum Gasteiger partial charge on any atom is 0.123 e. The van der Waals surface area contributed by atoms with Gasteiger partial charge >= 0.3 is 0 Å². The molecule has 0 atom stereocenters. The Morgan fingerprint density at radius 2 is 2.06 bits per heavy atom. The normalized spacial score (nSPS) is 11.6. The fraction of sp³-hybridized carbons (Fsp3) is 0.538. The van der Waals surface area contributed by atoms with Crippen molar-refractivity contribution < 1.29 is 9.50 Å². The van der Waals surface area contributed by atoms with Crippen LogP contribution in [0.25, 0.3) is 0 Å². The molecule has 4 heteroatoms. The summed E-state index contributed by atoms with van der Waals surface area (Å²) in [5.74, 6) is -0.284. The molecule has 0 amide bonds. The number of hydrogen-bond donors (Lipinski definition) is 2. The Bertz CT molecular complexity index is 374. The molecule has 0 aliphatic carbocycles. The standard InChI is InChI=1S/C13H21FN2O/c1-4-16(9-13(2,3)17)12-6-5-11(14)7-10(12)8-15/h5-7,17H,4,8-9,15H2,1-3H3. The van der Waals surface area contributed by atoms with Crippen molar-refractivity contribution in [1.29, 1.82) is 0 Å². The minimum absolute atomic E-state index is 0.284. The van der Waals surface area contributed by atoms with E-state index in [9.17, 15) is 9.50 Å². The summed E-state index contributed by atoms with van der Waals surface area (Å²) >= 11 is 0. The first-order valence-electron chi connectivity index (χ1n) is 5.83. The number of rotatable bonds is 5. The highest BCUT2D eigenvalue weighted by atomic mass is 19.1. The molecular weight excluding hydrogens is 219 g/mol. The van der Waals surface area contributed by atoms with E-state index in [0.717, 1.165) is 17.8 Å². The molecule has 1 aromatic rings. The number of benzene rings is 1. The molecule has 0 aliphatic heterocycles. The number of aliphatic hydroxyl groups is 1. The van der Waals surface area contributed by atoms with Crippen LogP contribution in [0, 0.1) is 5.82 Å². The summed E-state index contributed by atoms with van der Waals surface area (Å²) in [7, 11) is 0. The van der Waals surface area contributed by atoms with Crippen LogP contribution in [0.15, 0.2) is 18.2 Å². The van der Waals surface area contributed by atoms with E-state index in [2.05, 4.69) is 0 Å². The van der Waals surface area contributed by atoms with Gasteiger partial charge in [0.2, 0.25) is 0 Å². The van der Waals surface area contributed by atoms with Crippen molar-refractivity contribution in [3.05, 3.63) is 29.6 Å². The predicted molar refractivity (Wildman–Crippen MR) is 68.5 cm³/mol. The smallest absolute Gasteiger partial charge is 0.123 e. The van der Waals surface area contributed by atoms with Gasteiger partial charge in [0.05, 0.1) is 5.60 Å². The minimum atomic E-state index is -0.795. The summed E-state index contributed by atoms with van der Waals surface area (Å²) in [5.41, 5.74) is 6.47. The molecule has 0 aliphatic rings. The van der Waals surface area contributed by atoms with Gasteiger partial charge in [-0.05, 0) is 44.5 Å². The number of likely N-dealkylation sites (N-methyl/N-ethyl adjacent to an activating group) is 1. The molecule has 0 heterocycles. The van der Waals surface area contributed by atoms with Crippen LogP contribution < -0.4 is 10.6 Å². The molecular formula is C13H21FN2O. The van der Waals surface area contributed by atoms with Crippen LogP contribution in [-0.2, 0) is 6.54 Å². The van der Waals surface area contributed by atoms with Gasteiger partial charge in [-0.25, -0.2) is 4.39 Å². The van der Waals surface area contributed by atoms with Crippen LogP contribution in [0.5, 0.6) is 0 Å². The van der Waals surface area contributed by atoms with E-state index < -0.39 is 5.60 Å². The average Bonchev–Trinajstić information content (AvgIpc) is 2.24. The van der Waals surface area contributed by atoms with Gasteiger partial charge in [0.1, 0.15) is 5.82 Å². The summed E-state index contributed by atoms with van der Waals surface area (Å²) < 4.78 is 13.1. The number of anilines is 1. The second-order valence-corrected chi connectivity index (χ2v) is 4.80. The van der Waals surface area contributed by atoms with Crippen molar-refractivity contribution in [2.24, 2.45) is 5.73 Å². The highest BCUT2D eigenvalue weighted by Gasteiger charge is 2.19. The highest BCUT2D eigenvalue weighted by molar-refractivity contribution is 5.54. The fourth-order valence-electron chi connectivity index (χ4n) is 1.86. The number of halogens is 1. The molecule has 3 nitrogen and oxygen atoms in total. The zero-order chi connectivity index (χ0) is 13.1. The monoisotopic (exact) mass is 240 g/mol. The highest BCUT2D eigenvalue weighted by Crippen LogP contribution is 2.23. The molecule has 1 rings (SSSR count). The van der Waals surface area contributed by atoms with Gasteiger partial charge in [-0.2, -0.15) is 0 Å². The van der Waals surface area contributed by atoms with Crippen LogP contribution in [0.4, 0.5) is 10.1 Å². The Morgan fingerprint density at radius 1 is 1.41 bits per heavy atom. The third-order valence-electron chi connectivity index (χ3n) is 2.56. The maximum atomic E-state index is 13.1. The van der Waals surface area contributed by atoms with E-state index in [1.807, 2.05) is 11.8 Å². The molecule has 0 unspecified atom stereocenters. The van der Waals surface area contributed by atoms with Crippen molar-refractivity contribution >= 4 is 5.69 Å². The molecule has 1 aromatic carbocycles. The lowest BCUT2D eigenvalue weighted by Gasteiger charge is -2.31. The van der Waals surface area contributed by atoms with E-state index >= 15 is 0 Å². The second kappa shape index (κ2) is 5.47. The van der Waals surface area contributed by atoms with E-state index in [0.29, 0.717) is 6.54 Å². The van der Waals surface area contributed by atoms with Crippen LogP contribution in [0.1, 0.15) is 26.3 Å². The van der Waals surface area contributed by atoms with E-state index in [1.54, 1.807) is 19.9 Å². The van der Waals surface area contributed by atoms with Crippen LogP contribution in [0.3, 0.4) is 0 Å². The van der Waals surface area contributed by atoms with Crippen LogP contribution >= 0.6 is 0 Å². The van der Waals surface area contributed by atoms with Gasteiger partial charge in [-0.15, -0.1) is 0 Å². The minimum Gasteiger partial charge on any atom is -0.389 e. The molecule has 0 radical (unpaired) electrons. The first kappa shape index (κ1) is 13.9. The van der Waals surface area contributed by atoms with Gasteiger partial charge in [0.15, 0.2) is 0 Å². The molecule has 0 aromatic heterocycles. The average molecular weight is 240 g/mol. The Kier molecular flexibility index (Phi) is 4.48. The maximum absolute atomic E-state index is 13.1.